The molecule has 0 bridgehead atoms. The van der Waals surface area contributed by atoms with E-state index >= 15 is 0 Å². The Balaban J connectivity index is 1.49. The van der Waals surface area contributed by atoms with Gasteiger partial charge in [0.25, 0.3) is 0 Å². The molecule has 154 valence electrons. The maximum Gasteiger partial charge on any atom is 0.321 e. The monoisotopic (exact) mass is 394 g/mol. The molecule has 0 radical (unpaired) electrons. The van der Waals surface area contributed by atoms with Crippen LogP contribution >= 0.6 is 0 Å². The Morgan fingerprint density at radius 2 is 1.45 bits per heavy atom. The molecule has 1 N–H and O–H groups in total. The van der Waals surface area contributed by atoms with Crippen LogP contribution in [-0.2, 0) is 11.3 Å². The summed E-state index contributed by atoms with van der Waals surface area (Å²) in [6.45, 7) is 7.60. The minimum atomic E-state index is -0.115. The predicted octanol–water partition coefficient (Wildman–Crippen LogP) is 3.27. The highest BCUT2D eigenvalue weighted by atomic mass is 16.2. The number of amides is 3. The Morgan fingerprint density at radius 3 is 2.03 bits per heavy atom. The van der Waals surface area contributed by atoms with E-state index in [2.05, 4.69) is 36.2 Å². The number of piperazine rings is 1. The molecule has 1 fully saturated rings. The fourth-order valence-corrected chi connectivity index (χ4v) is 3.40. The van der Waals surface area contributed by atoms with Crippen LogP contribution in [-0.4, -0.2) is 65.4 Å². The first-order valence-electron chi connectivity index (χ1n) is 10.2. The number of carbonyl (C=O) groups excluding carboxylic acids is 2. The van der Waals surface area contributed by atoms with Crippen LogP contribution in [0, 0.1) is 0 Å². The van der Waals surface area contributed by atoms with Gasteiger partial charge in [0.15, 0.2) is 0 Å². The van der Waals surface area contributed by atoms with Crippen molar-refractivity contribution < 1.29 is 9.59 Å². The highest BCUT2D eigenvalue weighted by Gasteiger charge is 2.26. The van der Waals surface area contributed by atoms with Gasteiger partial charge in [-0.2, -0.15) is 0 Å². The Labute approximate surface area is 173 Å². The molecule has 6 heteroatoms. The highest BCUT2D eigenvalue weighted by molar-refractivity contribution is 5.89. The zero-order valence-electron chi connectivity index (χ0n) is 17.3. The SMILES string of the molecule is CC(C)N(CC(=O)N1CCN(C(=O)Nc2ccccc2)CC1)Cc1ccccc1. The van der Waals surface area contributed by atoms with Crippen LogP contribution in [0.25, 0.3) is 0 Å². The molecule has 0 saturated carbocycles. The van der Waals surface area contributed by atoms with Crippen LogP contribution in [0.3, 0.4) is 0 Å². The number of hydrogen-bond acceptors (Lipinski definition) is 3. The quantitative estimate of drug-likeness (QED) is 0.818. The number of urea groups is 1. The predicted molar refractivity (Wildman–Crippen MR) is 116 cm³/mol. The molecule has 0 spiro atoms. The molecule has 0 aromatic heterocycles. The van der Waals surface area contributed by atoms with Gasteiger partial charge >= 0.3 is 6.03 Å². The number of benzene rings is 2. The lowest BCUT2D eigenvalue weighted by atomic mass is 10.2. The van der Waals surface area contributed by atoms with Gasteiger partial charge in [0.05, 0.1) is 6.54 Å². The molecule has 1 saturated heterocycles. The van der Waals surface area contributed by atoms with Crippen molar-refractivity contribution in [3.05, 3.63) is 66.2 Å². The number of rotatable bonds is 6. The molecule has 2 aromatic rings. The molecule has 0 aliphatic carbocycles. The van der Waals surface area contributed by atoms with E-state index in [0.717, 1.165) is 12.2 Å². The third-order valence-electron chi connectivity index (χ3n) is 5.24. The number of hydrogen-bond donors (Lipinski definition) is 1. The Morgan fingerprint density at radius 1 is 0.897 bits per heavy atom. The molecule has 3 amide bonds. The lowest BCUT2D eigenvalue weighted by Gasteiger charge is -2.36. The van der Waals surface area contributed by atoms with Gasteiger partial charge in [-0.1, -0.05) is 48.5 Å². The minimum absolute atomic E-state index is 0.115. The number of carbonyl (C=O) groups is 2. The van der Waals surface area contributed by atoms with Crippen LogP contribution in [0.4, 0.5) is 10.5 Å². The molecule has 29 heavy (non-hydrogen) atoms. The van der Waals surface area contributed by atoms with E-state index in [1.54, 1.807) is 4.90 Å². The van der Waals surface area contributed by atoms with E-state index in [1.165, 1.54) is 5.56 Å². The molecular weight excluding hydrogens is 364 g/mol. The molecular formula is C23H30N4O2. The molecule has 0 unspecified atom stereocenters. The first kappa shape index (κ1) is 20.9. The largest absolute Gasteiger partial charge is 0.338 e. The van der Waals surface area contributed by atoms with Gasteiger partial charge in [0.2, 0.25) is 5.91 Å². The van der Waals surface area contributed by atoms with Crippen molar-refractivity contribution in [2.75, 3.05) is 38.0 Å². The normalized spacial score (nSPS) is 14.3. The summed E-state index contributed by atoms with van der Waals surface area (Å²) < 4.78 is 0. The maximum absolute atomic E-state index is 12.8. The lowest BCUT2D eigenvalue weighted by molar-refractivity contribution is -0.134. The second-order valence-electron chi connectivity index (χ2n) is 7.65. The number of anilines is 1. The average Bonchev–Trinajstić information content (AvgIpc) is 2.74. The average molecular weight is 395 g/mol. The van der Waals surface area contributed by atoms with Crippen molar-refractivity contribution in [3.8, 4) is 0 Å². The lowest BCUT2D eigenvalue weighted by Crippen LogP contribution is -2.53. The van der Waals surface area contributed by atoms with Crippen molar-refractivity contribution in [3.63, 3.8) is 0 Å². The second kappa shape index (κ2) is 10.1. The van der Waals surface area contributed by atoms with Gasteiger partial charge in [-0.25, -0.2) is 4.79 Å². The van der Waals surface area contributed by atoms with Gasteiger partial charge in [0, 0.05) is 44.5 Å². The summed E-state index contributed by atoms with van der Waals surface area (Å²) in [7, 11) is 0. The summed E-state index contributed by atoms with van der Waals surface area (Å²) in [4.78, 5) is 31.1. The minimum Gasteiger partial charge on any atom is -0.338 e. The van der Waals surface area contributed by atoms with Crippen molar-refractivity contribution >= 4 is 17.6 Å². The molecule has 1 heterocycles. The van der Waals surface area contributed by atoms with Crippen molar-refractivity contribution in [2.24, 2.45) is 0 Å². The van der Waals surface area contributed by atoms with Crippen LogP contribution in [0.5, 0.6) is 0 Å². The molecule has 6 nitrogen and oxygen atoms in total. The highest BCUT2D eigenvalue weighted by Crippen LogP contribution is 2.12. The first-order valence-corrected chi connectivity index (χ1v) is 10.2. The van der Waals surface area contributed by atoms with E-state index in [0.29, 0.717) is 32.7 Å². The molecule has 1 aliphatic rings. The Bertz CT molecular complexity index is 787. The smallest absolute Gasteiger partial charge is 0.321 e. The van der Waals surface area contributed by atoms with Gasteiger partial charge in [-0.05, 0) is 31.5 Å². The van der Waals surface area contributed by atoms with Crippen LogP contribution in [0.15, 0.2) is 60.7 Å². The van der Waals surface area contributed by atoms with Crippen LogP contribution < -0.4 is 5.32 Å². The van der Waals surface area contributed by atoms with Crippen molar-refractivity contribution in [1.82, 2.24) is 14.7 Å². The van der Waals surface area contributed by atoms with Crippen molar-refractivity contribution in [1.29, 1.82) is 0 Å². The Hall–Kier alpha value is -2.86. The summed E-state index contributed by atoms with van der Waals surface area (Å²) >= 11 is 0. The number of para-hydroxylation sites is 1. The van der Waals surface area contributed by atoms with E-state index < -0.39 is 0 Å². The second-order valence-corrected chi connectivity index (χ2v) is 7.65. The van der Waals surface area contributed by atoms with E-state index in [-0.39, 0.29) is 18.0 Å². The van der Waals surface area contributed by atoms with Gasteiger partial charge in [-0.15, -0.1) is 0 Å². The zero-order chi connectivity index (χ0) is 20.6. The van der Waals surface area contributed by atoms with E-state index in [1.807, 2.05) is 53.4 Å². The molecule has 3 rings (SSSR count). The standard InChI is InChI=1S/C23H30N4O2/c1-19(2)27(17-20-9-5-3-6-10-20)18-22(28)25-13-15-26(16-14-25)23(29)24-21-11-7-4-8-12-21/h3-12,19H,13-18H2,1-2H3,(H,24,29). The van der Waals surface area contributed by atoms with Crippen molar-refractivity contribution in [2.45, 2.75) is 26.4 Å². The molecule has 1 aliphatic heterocycles. The Kier molecular flexibility index (Phi) is 7.25. The zero-order valence-corrected chi connectivity index (χ0v) is 17.3. The third-order valence-corrected chi connectivity index (χ3v) is 5.24. The fraction of sp³-hybridized carbons (Fsp3) is 0.391. The maximum atomic E-state index is 12.8. The third kappa shape index (κ3) is 6.06. The molecule has 2 aromatic carbocycles. The topological polar surface area (TPSA) is 55.9 Å². The van der Waals surface area contributed by atoms with E-state index in [9.17, 15) is 9.59 Å². The van der Waals surface area contributed by atoms with Gasteiger partial charge in [-0.3, -0.25) is 9.69 Å². The fourth-order valence-electron chi connectivity index (χ4n) is 3.40. The van der Waals surface area contributed by atoms with E-state index in [4.69, 9.17) is 0 Å². The van der Waals surface area contributed by atoms with Gasteiger partial charge < -0.3 is 15.1 Å². The summed E-state index contributed by atoms with van der Waals surface area (Å²) in [6.07, 6.45) is 0. The van der Waals surface area contributed by atoms with Crippen LogP contribution in [0.1, 0.15) is 19.4 Å². The summed E-state index contributed by atoms with van der Waals surface area (Å²) in [5, 5.41) is 2.91. The number of nitrogens with one attached hydrogen (secondary N) is 1. The molecule has 0 atom stereocenters. The first-order chi connectivity index (χ1) is 14.0. The summed E-state index contributed by atoms with van der Waals surface area (Å²) in [5.41, 5.74) is 1.99. The van der Waals surface area contributed by atoms with Crippen LogP contribution in [0.2, 0.25) is 0 Å². The van der Waals surface area contributed by atoms with Gasteiger partial charge in [0.1, 0.15) is 0 Å². The summed E-state index contributed by atoms with van der Waals surface area (Å²) in [6, 6.07) is 19.8. The number of nitrogens with zero attached hydrogens (tertiary/aromatic N) is 3. The summed E-state index contributed by atoms with van der Waals surface area (Å²) in [5.74, 6) is 0.123.